The van der Waals surface area contributed by atoms with Gasteiger partial charge < -0.3 is 21.2 Å². The zero-order valence-electron chi connectivity index (χ0n) is 9.85. The molecule has 1 aromatic heterocycles. The molecule has 2 rings (SSSR count). The van der Waals surface area contributed by atoms with Crippen molar-refractivity contribution in [1.29, 1.82) is 0 Å². The zero-order valence-corrected chi connectivity index (χ0v) is 9.85. The Morgan fingerprint density at radius 3 is 2.83 bits per heavy atom. The second-order valence-electron chi connectivity index (χ2n) is 3.93. The summed E-state index contributed by atoms with van der Waals surface area (Å²) >= 11 is 0. The molecule has 0 aliphatic rings. The fourth-order valence-electron chi connectivity index (χ4n) is 1.70. The monoisotopic (exact) mass is 245 g/mol. The minimum Gasteiger partial charge on any atom is -0.469 e. The first-order valence-corrected chi connectivity index (χ1v) is 5.62. The third kappa shape index (κ3) is 2.82. The summed E-state index contributed by atoms with van der Waals surface area (Å²) < 4.78 is 5.22. The Labute approximate surface area is 105 Å². The smallest absolute Gasteiger partial charge is 0.250 e. The van der Waals surface area contributed by atoms with E-state index in [4.69, 9.17) is 15.9 Å². The largest absolute Gasteiger partial charge is 0.469 e. The SMILES string of the molecule is NC(=O)c1cc(N)ccc1NCCc1ccco1. The molecule has 1 aromatic carbocycles. The molecule has 0 aliphatic heterocycles. The molecule has 18 heavy (non-hydrogen) atoms. The van der Waals surface area contributed by atoms with Crippen LogP contribution in [0.2, 0.25) is 0 Å². The number of primary amides is 1. The van der Waals surface area contributed by atoms with Gasteiger partial charge in [-0.2, -0.15) is 0 Å². The van der Waals surface area contributed by atoms with Crippen molar-refractivity contribution in [3.05, 3.63) is 47.9 Å². The van der Waals surface area contributed by atoms with Crippen molar-refractivity contribution in [3.63, 3.8) is 0 Å². The van der Waals surface area contributed by atoms with Gasteiger partial charge in [0.2, 0.25) is 0 Å². The minimum absolute atomic E-state index is 0.398. The van der Waals surface area contributed by atoms with Crippen LogP contribution in [0.1, 0.15) is 16.1 Å². The average molecular weight is 245 g/mol. The second kappa shape index (κ2) is 5.27. The fraction of sp³-hybridized carbons (Fsp3) is 0.154. The number of furan rings is 1. The number of nitrogens with two attached hydrogens (primary N) is 2. The van der Waals surface area contributed by atoms with E-state index in [0.29, 0.717) is 23.5 Å². The van der Waals surface area contributed by atoms with Gasteiger partial charge in [0, 0.05) is 24.3 Å². The van der Waals surface area contributed by atoms with Crippen LogP contribution in [0.25, 0.3) is 0 Å². The van der Waals surface area contributed by atoms with Crippen LogP contribution in [-0.2, 0) is 6.42 Å². The molecule has 5 heteroatoms. The summed E-state index contributed by atoms with van der Waals surface area (Å²) in [5, 5.41) is 3.14. The van der Waals surface area contributed by atoms with Crippen LogP contribution in [0.15, 0.2) is 41.0 Å². The summed E-state index contributed by atoms with van der Waals surface area (Å²) in [7, 11) is 0. The normalized spacial score (nSPS) is 10.2. The van der Waals surface area contributed by atoms with Crippen LogP contribution in [0.5, 0.6) is 0 Å². The van der Waals surface area contributed by atoms with Crippen LogP contribution < -0.4 is 16.8 Å². The van der Waals surface area contributed by atoms with Crippen molar-refractivity contribution in [3.8, 4) is 0 Å². The Morgan fingerprint density at radius 1 is 1.33 bits per heavy atom. The van der Waals surface area contributed by atoms with Crippen molar-refractivity contribution in [2.24, 2.45) is 5.73 Å². The Balaban J connectivity index is 2.02. The summed E-state index contributed by atoms with van der Waals surface area (Å²) in [5.41, 5.74) is 12.5. The highest BCUT2D eigenvalue weighted by Crippen LogP contribution is 2.18. The van der Waals surface area contributed by atoms with Gasteiger partial charge in [0.25, 0.3) is 5.91 Å². The highest BCUT2D eigenvalue weighted by molar-refractivity contribution is 5.99. The Morgan fingerprint density at radius 2 is 2.17 bits per heavy atom. The molecule has 0 aliphatic carbocycles. The average Bonchev–Trinajstić information content (AvgIpc) is 2.84. The van der Waals surface area contributed by atoms with Crippen molar-refractivity contribution in [2.45, 2.75) is 6.42 Å². The first kappa shape index (κ1) is 12.0. The fourth-order valence-corrected chi connectivity index (χ4v) is 1.70. The maximum atomic E-state index is 11.3. The predicted octanol–water partition coefficient (Wildman–Crippen LogP) is 1.62. The molecule has 0 saturated carbocycles. The maximum absolute atomic E-state index is 11.3. The lowest BCUT2D eigenvalue weighted by molar-refractivity contribution is 0.100. The molecular weight excluding hydrogens is 230 g/mol. The number of nitrogen functional groups attached to an aromatic ring is 1. The second-order valence-corrected chi connectivity index (χ2v) is 3.93. The van der Waals surface area contributed by atoms with Crippen LogP contribution in [0.4, 0.5) is 11.4 Å². The van der Waals surface area contributed by atoms with Crippen molar-refractivity contribution in [2.75, 3.05) is 17.6 Å². The van der Waals surface area contributed by atoms with E-state index >= 15 is 0 Å². The van der Waals surface area contributed by atoms with Gasteiger partial charge in [-0.25, -0.2) is 0 Å². The van der Waals surface area contributed by atoms with Crippen LogP contribution in [0.3, 0.4) is 0 Å². The number of hydrogen-bond acceptors (Lipinski definition) is 4. The van der Waals surface area contributed by atoms with Crippen molar-refractivity contribution < 1.29 is 9.21 Å². The van der Waals surface area contributed by atoms with Gasteiger partial charge in [-0.3, -0.25) is 4.79 Å². The lowest BCUT2D eigenvalue weighted by Crippen LogP contribution is -2.15. The quantitative estimate of drug-likeness (QED) is 0.697. The van der Waals surface area contributed by atoms with E-state index in [1.54, 1.807) is 24.5 Å². The van der Waals surface area contributed by atoms with E-state index in [0.717, 1.165) is 12.2 Å². The molecule has 1 amide bonds. The molecule has 5 N–H and O–H groups in total. The number of hydrogen-bond donors (Lipinski definition) is 3. The molecule has 0 spiro atoms. The predicted molar refractivity (Wildman–Crippen MR) is 70.3 cm³/mol. The topological polar surface area (TPSA) is 94.3 Å². The van der Waals surface area contributed by atoms with E-state index in [1.165, 1.54) is 0 Å². The van der Waals surface area contributed by atoms with Gasteiger partial charge >= 0.3 is 0 Å². The number of nitrogens with one attached hydrogen (secondary N) is 1. The van der Waals surface area contributed by atoms with E-state index in [9.17, 15) is 4.79 Å². The molecule has 0 radical (unpaired) electrons. The van der Waals surface area contributed by atoms with Gasteiger partial charge in [-0.15, -0.1) is 0 Å². The number of carbonyl (C=O) groups excluding carboxylic acids is 1. The maximum Gasteiger partial charge on any atom is 0.250 e. The van der Waals surface area contributed by atoms with Crippen molar-refractivity contribution in [1.82, 2.24) is 0 Å². The standard InChI is InChI=1S/C13H15N3O2/c14-9-3-4-12(11(8-9)13(15)17)16-6-5-10-2-1-7-18-10/h1-4,7-8,16H,5-6,14H2,(H2,15,17). The Kier molecular flexibility index (Phi) is 3.52. The molecule has 1 heterocycles. The summed E-state index contributed by atoms with van der Waals surface area (Å²) in [4.78, 5) is 11.3. The molecule has 5 nitrogen and oxygen atoms in total. The minimum atomic E-state index is -0.497. The van der Waals surface area contributed by atoms with E-state index < -0.39 is 5.91 Å². The number of rotatable bonds is 5. The van der Waals surface area contributed by atoms with Crippen LogP contribution >= 0.6 is 0 Å². The van der Waals surface area contributed by atoms with Gasteiger partial charge in [-0.05, 0) is 30.3 Å². The van der Waals surface area contributed by atoms with Gasteiger partial charge in [0.15, 0.2) is 0 Å². The molecular formula is C13H15N3O2. The van der Waals surface area contributed by atoms with Gasteiger partial charge in [-0.1, -0.05) is 0 Å². The number of anilines is 2. The Hall–Kier alpha value is -2.43. The highest BCUT2D eigenvalue weighted by atomic mass is 16.3. The van der Waals surface area contributed by atoms with E-state index in [2.05, 4.69) is 5.32 Å². The first-order valence-electron chi connectivity index (χ1n) is 5.62. The summed E-state index contributed by atoms with van der Waals surface area (Å²) in [6.07, 6.45) is 2.36. The molecule has 0 unspecified atom stereocenters. The summed E-state index contributed by atoms with van der Waals surface area (Å²) in [5.74, 6) is 0.390. The third-order valence-corrected chi connectivity index (χ3v) is 2.58. The van der Waals surface area contributed by atoms with Crippen LogP contribution in [0, 0.1) is 0 Å². The van der Waals surface area contributed by atoms with E-state index in [1.807, 2.05) is 12.1 Å². The lowest BCUT2D eigenvalue weighted by Gasteiger charge is -2.10. The lowest BCUT2D eigenvalue weighted by atomic mass is 10.1. The van der Waals surface area contributed by atoms with E-state index in [-0.39, 0.29) is 0 Å². The van der Waals surface area contributed by atoms with Crippen LogP contribution in [-0.4, -0.2) is 12.5 Å². The third-order valence-electron chi connectivity index (χ3n) is 2.58. The highest BCUT2D eigenvalue weighted by Gasteiger charge is 2.08. The molecule has 0 atom stereocenters. The molecule has 2 aromatic rings. The number of carbonyl (C=O) groups is 1. The number of amides is 1. The zero-order chi connectivity index (χ0) is 13.0. The Bertz CT molecular complexity index is 535. The van der Waals surface area contributed by atoms with Gasteiger partial charge in [0.05, 0.1) is 11.8 Å². The summed E-state index contributed by atoms with van der Waals surface area (Å²) in [6, 6.07) is 8.78. The molecule has 0 saturated heterocycles. The van der Waals surface area contributed by atoms with Gasteiger partial charge in [0.1, 0.15) is 5.76 Å². The molecule has 0 fully saturated rings. The first-order chi connectivity index (χ1) is 8.66. The molecule has 0 bridgehead atoms. The summed E-state index contributed by atoms with van der Waals surface area (Å²) in [6.45, 7) is 0.651. The van der Waals surface area contributed by atoms with Crippen molar-refractivity contribution >= 4 is 17.3 Å². The number of benzene rings is 1. The molecule has 94 valence electrons.